The summed E-state index contributed by atoms with van der Waals surface area (Å²) < 4.78 is 0. The van der Waals surface area contributed by atoms with Gasteiger partial charge in [-0.05, 0) is 18.9 Å². The summed E-state index contributed by atoms with van der Waals surface area (Å²) in [6, 6.07) is 0. The van der Waals surface area contributed by atoms with Crippen molar-refractivity contribution in [3.05, 3.63) is 33.7 Å². The minimum atomic E-state index is -0.353. The Hall–Kier alpha value is -1.65. The maximum Gasteiger partial charge on any atom is 0.267 e. The molecule has 1 aliphatic carbocycles. The van der Waals surface area contributed by atoms with Gasteiger partial charge >= 0.3 is 0 Å². The van der Waals surface area contributed by atoms with Gasteiger partial charge in [0.25, 0.3) is 5.70 Å². The lowest BCUT2D eigenvalue weighted by Crippen LogP contribution is -2.33. The Kier molecular flexibility index (Phi) is 3.03. The first-order chi connectivity index (χ1) is 7.66. The fourth-order valence-corrected chi connectivity index (χ4v) is 2.09. The molecule has 5 heteroatoms. The van der Waals surface area contributed by atoms with Crippen molar-refractivity contribution in [2.75, 3.05) is 13.1 Å². The monoisotopic (exact) mass is 222 g/mol. The van der Waals surface area contributed by atoms with Gasteiger partial charge in [-0.15, -0.1) is 0 Å². The van der Waals surface area contributed by atoms with Gasteiger partial charge in [-0.3, -0.25) is 14.9 Å². The van der Waals surface area contributed by atoms with E-state index in [1.807, 2.05) is 0 Å². The average Bonchev–Trinajstić information content (AvgIpc) is 2.30. The first-order valence-corrected chi connectivity index (χ1v) is 5.48. The van der Waals surface area contributed by atoms with Crippen LogP contribution in [0, 0.1) is 10.1 Å². The summed E-state index contributed by atoms with van der Waals surface area (Å²) in [5.74, 6) is 0.290. The lowest BCUT2D eigenvalue weighted by Gasteiger charge is -2.31. The molecule has 0 atom stereocenters. The first-order valence-electron chi connectivity index (χ1n) is 5.48. The molecule has 0 N–H and O–H groups in total. The van der Waals surface area contributed by atoms with Crippen LogP contribution in [0.5, 0.6) is 0 Å². The molecule has 0 aromatic rings. The maximum absolute atomic E-state index is 11.1. The Bertz CT molecular complexity index is 375. The summed E-state index contributed by atoms with van der Waals surface area (Å²) in [6.45, 7) is 1.41. The highest BCUT2D eigenvalue weighted by Crippen LogP contribution is 2.23. The Morgan fingerprint density at radius 1 is 1.25 bits per heavy atom. The zero-order chi connectivity index (χ0) is 11.5. The molecule has 1 saturated heterocycles. The fourth-order valence-electron chi connectivity index (χ4n) is 2.09. The van der Waals surface area contributed by atoms with Crippen LogP contribution in [0.15, 0.2) is 23.5 Å². The number of ketones is 1. The second-order valence-electron chi connectivity index (χ2n) is 4.09. The van der Waals surface area contributed by atoms with Gasteiger partial charge in [0.05, 0.1) is 4.92 Å². The van der Waals surface area contributed by atoms with E-state index in [-0.39, 0.29) is 16.4 Å². The van der Waals surface area contributed by atoms with Crippen molar-refractivity contribution in [3.8, 4) is 0 Å². The van der Waals surface area contributed by atoms with E-state index in [0.29, 0.717) is 32.4 Å². The maximum atomic E-state index is 11.1. The molecule has 16 heavy (non-hydrogen) atoms. The molecule has 2 aliphatic rings. The van der Waals surface area contributed by atoms with Gasteiger partial charge in [0.2, 0.25) is 0 Å². The van der Waals surface area contributed by atoms with Crippen molar-refractivity contribution in [3.63, 3.8) is 0 Å². The van der Waals surface area contributed by atoms with Crippen LogP contribution in [0.1, 0.15) is 25.7 Å². The number of carbonyl (C=O) groups is 1. The van der Waals surface area contributed by atoms with Crippen molar-refractivity contribution >= 4 is 5.78 Å². The zero-order valence-corrected chi connectivity index (χ0v) is 9.02. The Morgan fingerprint density at radius 2 is 1.94 bits per heavy atom. The second kappa shape index (κ2) is 4.47. The molecule has 0 radical (unpaired) electrons. The van der Waals surface area contributed by atoms with Gasteiger partial charge in [0.1, 0.15) is 5.78 Å². The highest BCUT2D eigenvalue weighted by atomic mass is 16.6. The van der Waals surface area contributed by atoms with Crippen LogP contribution in [0.2, 0.25) is 0 Å². The summed E-state index contributed by atoms with van der Waals surface area (Å²) in [4.78, 5) is 23.5. The summed E-state index contributed by atoms with van der Waals surface area (Å²) >= 11 is 0. The van der Waals surface area contributed by atoms with Crippen molar-refractivity contribution < 1.29 is 9.72 Å². The molecular formula is C11H14N2O3. The molecule has 0 bridgehead atoms. The van der Waals surface area contributed by atoms with E-state index < -0.39 is 0 Å². The lowest BCUT2D eigenvalue weighted by molar-refractivity contribution is -0.419. The standard InChI is InChI=1S/C11H14N2O3/c14-11-4-6-12(7-5-11)9-2-1-3-10(8-9)13(15)16/h3,8H,1-2,4-7H2. The van der Waals surface area contributed by atoms with Gasteiger partial charge in [0.15, 0.2) is 0 Å². The van der Waals surface area contributed by atoms with E-state index in [4.69, 9.17) is 0 Å². The smallest absolute Gasteiger partial charge is 0.267 e. The third-order valence-corrected chi connectivity index (χ3v) is 3.01. The van der Waals surface area contributed by atoms with Crippen molar-refractivity contribution in [2.45, 2.75) is 25.7 Å². The number of hydrogen-bond donors (Lipinski definition) is 0. The van der Waals surface area contributed by atoms with Crippen LogP contribution in [0.4, 0.5) is 0 Å². The van der Waals surface area contributed by atoms with Gasteiger partial charge in [-0.25, -0.2) is 0 Å². The molecule has 1 fully saturated rings. The first kappa shape index (κ1) is 10.9. The van der Waals surface area contributed by atoms with Crippen LogP contribution in [0.3, 0.4) is 0 Å². The largest absolute Gasteiger partial charge is 0.374 e. The highest BCUT2D eigenvalue weighted by molar-refractivity contribution is 5.79. The number of likely N-dealkylation sites (tertiary alicyclic amines) is 1. The molecule has 86 valence electrons. The minimum Gasteiger partial charge on any atom is -0.374 e. The number of hydrogen-bond acceptors (Lipinski definition) is 4. The summed E-state index contributed by atoms with van der Waals surface area (Å²) in [6.07, 6.45) is 5.97. The van der Waals surface area contributed by atoms with Crippen LogP contribution < -0.4 is 0 Å². The Labute approximate surface area is 93.6 Å². The Balaban J connectivity index is 2.07. The molecule has 2 rings (SSSR count). The summed E-state index contributed by atoms with van der Waals surface area (Å²) in [5, 5.41) is 10.7. The zero-order valence-electron chi connectivity index (χ0n) is 9.02. The number of nitrogens with zero attached hydrogens (tertiary/aromatic N) is 2. The van der Waals surface area contributed by atoms with Crippen molar-refractivity contribution in [1.82, 2.24) is 4.90 Å². The average molecular weight is 222 g/mol. The van der Waals surface area contributed by atoms with Crippen molar-refractivity contribution in [1.29, 1.82) is 0 Å². The normalized spacial score (nSPS) is 21.5. The van der Waals surface area contributed by atoms with E-state index in [2.05, 4.69) is 4.90 Å². The van der Waals surface area contributed by atoms with Gasteiger partial charge in [-0.1, -0.05) is 0 Å². The van der Waals surface area contributed by atoms with Crippen LogP contribution >= 0.6 is 0 Å². The fraction of sp³-hybridized carbons (Fsp3) is 0.545. The second-order valence-corrected chi connectivity index (χ2v) is 4.09. The highest BCUT2D eigenvalue weighted by Gasteiger charge is 2.22. The number of Topliss-reactive ketones (excluding diaryl/α,β-unsaturated/α-hetero) is 1. The molecule has 0 unspecified atom stereocenters. The Morgan fingerprint density at radius 3 is 2.56 bits per heavy atom. The minimum absolute atomic E-state index is 0.179. The molecule has 1 aliphatic heterocycles. The van der Waals surface area contributed by atoms with Gasteiger partial charge in [0, 0.05) is 37.7 Å². The van der Waals surface area contributed by atoms with Crippen molar-refractivity contribution in [2.24, 2.45) is 0 Å². The van der Waals surface area contributed by atoms with Gasteiger partial charge in [-0.2, -0.15) is 0 Å². The molecule has 0 saturated carbocycles. The van der Waals surface area contributed by atoms with E-state index >= 15 is 0 Å². The predicted octanol–water partition coefficient (Wildman–Crippen LogP) is 1.49. The molecule has 0 aromatic carbocycles. The molecule has 0 spiro atoms. The van der Waals surface area contributed by atoms with Crippen LogP contribution in [-0.4, -0.2) is 28.7 Å². The number of nitro groups is 1. The summed E-state index contributed by atoms with van der Waals surface area (Å²) in [7, 11) is 0. The van der Waals surface area contributed by atoms with E-state index in [0.717, 1.165) is 12.1 Å². The number of piperidine rings is 1. The number of allylic oxidation sites excluding steroid dienone is 3. The third-order valence-electron chi connectivity index (χ3n) is 3.01. The topological polar surface area (TPSA) is 63.5 Å². The number of carbonyl (C=O) groups excluding carboxylic acids is 1. The van der Waals surface area contributed by atoms with Crippen LogP contribution in [-0.2, 0) is 4.79 Å². The molecule has 0 amide bonds. The quantitative estimate of drug-likeness (QED) is 0.524. The third kappa shape index (κ3) is 2.29. The lowest BCUT2D eigenvalue weighted by atomic mass is 10.0. The predicted molar refractivity (Wildman–Crippen MR) is 58.2 cm³/mol. The molecular weight excluding hydrogens is 208 g/mol. The number of rotatable bonds is 2. The van der Waals surface area contributed by atoms with Crippen LogP contribution in [0.25, 0.3) is 0 Å². The van der Waals surface area contributed by atoms with E-state index in [1.165, 1.54) is 0 Å². The SMILES string of the molecule is O=C1CCN(C2=CC([N+](=O)[O-])=CCC2)CC1. The molecule has 1 heterocycles. The van der Waals surface area contributed by atoms with E-state index in [9.17, 15) is 14.9 Å². The molecule has 0 aromatic heterocycles. The van der Waals surface area contributed by atoms with E-state index in [1.54, 1.807) is 12.2 Å². The van der Waals surface area contributed by atoms with Gasteiger partial charge < -0.3 is 4.90 Å². The summed E-state index contributed by atoms with van der Waals surface area (Å²) in [5.41, 5.74) is 1.18. The molecule has 5 nitrogen and oxygen atoms in total.